The molecule has 4 nitrogen and oxygen atoms in total. The van der Waals surface area contributed by atoms with Gasteiger partial charge < -0.3 is 19.7 Å². The van der Waals surface area contributed by atoms with Gasteiger partial charge in [0.1, 0.15) is 0 Å². The fourth-order valence-electron chi connectivity index (χ4n) is 2.97. The van der Waals surface area contributed by atoms with Crippen molar-refractivity contribution in [2.45, 2.75) is 39.6 Å². The van der Waals surface area contributed by atoms with Crippen molar-refractivity contribution in [2.75, 3.05) is 14.1 Å². The lowest BCUT2D eigenvalue weighted by atomic mass is 10.1. The van der Waals surface area contributed by atoms with Crippen LogP contribution in [0.2, 0.25) is 5.02 Å². The van der Waals surface area contributed by atoms with Crippen molar-refractivity contribution in [1.29, 1.82) is 0 Å². The van der Waals surface area contributed by atoms with Crippen LogP contribution in [0.15, 0.2) is 12.1 Å². The van der Waals surface area contributed by atoms with Crippen molar-refractivity contribution in [3.8, 4) is 0 Å². The maximum atomic E-state index is 9.67. The first kappa shape index (κ1) is 16.3. The van der Waals surface area contributed by atoms with Crippen molar-refractivity contribution in [3.63, 3.8) is 0 Å². The quantitative estimate of drug-likeness (QED) is 0.852. The first-order valence-electron chi connectivity index (χ1n) is 7.07. The van der Waals surface area contributed by atoms with Crippen molar-refractivity contribution < 1.29 is 10.2 Å². The molecular weight excluding hydrogens is 288 g/mol. The molecule has 0 aliphatic heterocycles. The molecule has 0 aliphatic rings. The van der Waals surface area contributed by atoms with Gasteiger partial charge in [0, 0.05) is 34.3 Å². The number of benzene rings is 1. The Morgan fingerprint density at radius 3 is 2.33 bits per heavy atom. The van der Waals surface area contributed by atoms with Gasteiger partial charge in [-0.25, -0.2) is 0 Å². The number of nitrogens with zero attached hydrogens (tertiary/aromatic N) is 2. The number of aryl methyl sites for hydroxylation is 1. The third-order valence-corrected chi connectivity index (χ3v) is 3.95. The minimum atomic E-state index is -1.53. The van der Waals surface area contributed by atoms with Crippen molar-refractivity contribution in [2.24, 2.45) is 0 Å². The second kappa shape index (κ2) is 5.97. The number of aliphatic hydroxyl groups excluding tert-OH is 1. The van der Waals surface area contributed by atoms with Gasteiger partial charge in [0.2, 0.25) is 0 Å². The highest BCUT2D eigenvalue weighted by Gasteiger charge is 2.21. The molecule has 0 bridgehead atoms. The van der Waals surface area contributed by atoms with Crippen LogP contribution in [-0.4, -0.2) is 33.8 Å². The van der Waals surface area contributed by atoms with Gasteiger partial charge in [-0.05, 0) is 52.6 Å². The van der Waals surface area contributed by atoms with Crippen LogP contribution in [-0.2, 0) is 6.54 Å². The largest absolute Gasteiger partial charge is 0.364 e. The van der Waals surface area contributed by atoms with Gasteiger partial charge in [0.15, 0.2) is 6.29 Å². The van der Waals surface area contributed by atoms with E-state index < -0.39 is 6.29 Å². The van der Waals surface area contributed by atoms with E-state index in [2.05, 4.69) is 23.3 Å². The van der Waals surface area contributed by atoms with Crippen LogP contribution >= 0.6 is 11.6 Å². The van der Waals surface area contributed by atoms with Crippen LogP contribution in [0.3, 0.4) is 0 Å². The molecule has 1 aromatic carbocycles. The highest BCUT2D eigenvalue weighted by atomic mass is 35.5. The molecule has 116 valence electrons. The van der Waals surface area contributed by atoms with E-state index >= 15 is 0 Å². The highest BCUT2D eigenvalue weighted by Crippen LogP contribution is 2.36. The molecule has 0 radical (unpaired) electrons. The molecule has 0 fully saturated rings. The summed E-state index contributed by atoms with van der Waals surface area (Å²) < 4.78 is 2.22. The van der Waals surface area contributed by atoms with E-state index in [1.165, 1.54) is 5.69 Å². The fourth-order valence-corrected chi connectivity index (χ4v) is 3.19. The topological polar surface area (TPSA) is 48.6 Å². The Morgan fingerprint density at radius 2 is 1.86 bits per heavy atom. The molecule has 21 heavy (non-hydrogen) atoms. The SMILES string of the molecule is Cc1c(CN(C)C)n(C(C)C)c2cc(Cl)cc(C(O)O)c12. The number of hydrogen-bond acceptors (Lipinski definition) is 3. The van der Waals surface area contributed by atoms with E-state index in [4.69, 9.17) is 11.6 Å². The third-order valence-electron chi connectivity index (χ3n) is 3.73. The van der Waals surface area contributed by atoms with E-state index in [1.54, 1.807) is 6.07 Å². The van der Waals surface area contributed by atoms with Crippen molar-refractivity contribution in [3.05, 3.63) is 34.0 Å². The predicted molar refractivity (Wildman–Crippen MR) is 86.6 cm³/mol. The number of fused-ring (bicyclic) bond motifs is 1. The standard InChI is InChI=1S/C16H23ClN2O2/c1-9(2)19-13-7-11(17)6-12(16(20)21)15(13)10(3)14(19)8-18(4)5/h6-7,9,16,20-21H,8H2,1-5H3. The van der Waals surface area contributed by atoms with Crippen LogP contribution in [0.25, 0.3) is 10.9 Å². The Morgan fingerprint density at radius 1 is 1.24 bits per heavy atom. The second-order valence-electron chi connectivity index (χ2n) is 6.04. The number of rotatable bonds is 4. The number of halogens is 1. The summed E-state index contributed by atoms with van der Waals surface area (Å²) in [6.07, 6.45) is -1.53. The molecule has 5 heteroatoms. The zero-order chi connectivity index (χ0) is 15.9. The summed E-state index contributed by atoms with van der Waals surface area (Å²) in [6.45, 7) is 7.05. The first-order valence-corrected chi connectivity index (χ1v) is 7.45. The summed E-state index contributed by atoms with van der Waals surface area (Å²) in [5.74, 6) is 0. The van der Waals surface area contributed by atoms with Gasteiger partial charge in [-0.1, -0.05) is 11.6 Å². The van der Waals surface area contributed by atoms with Crippen molar-refractivity contribution >= 4 is 22.5 Å². The summed E-state index contributed by atoms with van der Waals surface area (Å²) in [6, 6.07) is 3.79. The second-order valence-corrected chi connectivity index (χ2v) is 6.47. The van der Waals surface area contributed by atoms with Crippen LogP contribution in [0.1, 0.15) is 43.0 Å². The van der Waals surface area contributed by atoms with Crippen molar-refractivity contribution in [1.82, 2.24) is 9.47 Å². The van der Waals surface area contributed by atoms with Gasteiger partial charge in [-0.3, -0.25) is 0 Å². The maximum absolute atomic E-state index is 9.67. The van der Waals surface area contributed by atoms with Gasteiger partial charge in [-0.15, -0.1) is 0 Å². The zero-order valence-electron chi connectivity index (χ0n) is 13.2. The van der Waals surface area contributed by atoms with E-state index in [0.717, 1.165) is 23.0 Å². The number of aromatic nitrogens is 1. The van der Waals surface area contributed by atoms with Crippen LogP contribution in [0, 0.1) is 6.92 Å². The summed E-state index contributed by atoms with van der Waals surface area (Å²) in [7, 11) is 4.05. The van der Waals surface area contributed by atoms with Crippen LogP contribution in [0.4, 0.5) is 0 Å². The molecule has 1 aromatic heterocycles. The molecule has 1 heterocycles. The van der Waals surface area contributed by atoms with Gasteiger partial charge in [0.25, 0.3) is 0 Å². The van der Waals surface area contributed by atoms with E-state index in [1.807, 2.05) is 27.1 Å². The fraction of sp³-hybridized carbons (Fsp3) is 0.500. The molecular formula is C16H23ClN2O2. The normalized spacial score (nSPS) is 12.3. The molecule has 0 atom stereocenters. The number of aliphatic hydroxyl groups is 2. The Labute approximate surface area is 130 Å². The Bertz CT molecular complexity index is 660. The summed E-state index contributed by atoms with van der Waals surface area (Å²) in [5.41, 5.74) is 3.67. The molecule has 0 aliphatic carbocycles. The zero-order valence-corrected chi connectivity index (χ0v) is 13.9. The minimum Gasteiger partial charge on any atom is -0.364 e. The van der Waals surface area contributed by atoms with E-state index in [9.17, 15) is 10.2 Å². The average Bonchev–Trinajstić information content (AvgIpc) is 2.60. The Kier molecular flexibility index (Phi) is 4.63. The minimum absolute atomic E-state index is 0.262. The average molecular weight is 311 g/mol. The molecule has 2 N–H and O–H groups in total. The molecule has 0 saturated carbocycles. The molecule has 0 amide bonds. The first-order chi connectivity index (χ1) is 9.73. The molecule has 2 rings (SSSR count). The van der Waals surface area contributed by atoms with Gasteiger partial charge >= 0.3 is 0 Å². The predicted octanol–water partition coefficient (Wildman–Crippen LogP) is 3.23. The van der Waals surface area contributed by atoms with Crippen LogP contribution < -0.4 is 0 Å². The summed E-state index contributed by atoms with van der Waals surface area (Å²) >= 11 is 6.17. The highest BCUT2D eigenvalue weighted by molar-refractivity contribution is 6.31. The monoisotopic (exact) mass is 310 g/mol. The lowest BCUT2D eigenvalue weighted by Crippen LogP contribution is -2.16. The third kappa shape index (κ3) is 2.94. The van der Waals surface area contributed by atoms with E-state index in [-0.39, 0.29) is 6.04 Å². The lowest BCUT2D eigenvalue weighted by molar-refractivity contribution is -0.0413. The Balaban J connectivity index is 2.88. The van der Waals surface area contributed by atoms with Gasteiger partial charge in [0.05, 0.1) is 5.52 Å². The maximum Gasteiger partial charge on any atom is 0.179 e. The number of hydrogen-bond donors (Lipinski definition) is 2. The Hall–Kier alpha value is -1.07. The van der Waals surface area contributed by atoms with E-state index in [0.29, 0.717) is 10.6 Å². The summed E-state index contributed by atoms with van der Waals surface area (Å²) in [5, 5.41) is 20.7. The van der Waals surface area contributed by atoms with Crippen LogP contribution in [0.5, 0.6) is 0 Å². The molecule has 0 unspecified atom stereocenters. The molecule has 0 saturated heterocycles. The molecule has 2 aromatic rings. The summed E-state index contributed by atoms with van der Waals surface area (Å²) in [4.78, 5) is 2.11. The molecule has 0 spiro atoms. The van der Waals surface area contributed by atoms with Gasteiger partial charge in [-0.2, -0.15) is 0 Å². The lowest BCUT2D eigenvalue weighted by Gasteiger charge is -2.18. The smallest absolute Gasteiger partial charge is 0.179 e.